The molecule has 10 heteroatoms. The van der Waals surface area contributed by atoms with Crippen molar-refractivity contribution in [2.24, 2.45) is 5.73 Å². The smallest absolute Gasteiger partial charge is 0.378 e. The first-order chi connectivity index (χ1) is 7.56. The number of hydrogen-bond acceptors (Lipinski definition) is 6. The maximum Gasteiger partial charge on any atom is 0.394 e. The summed E-state index contributed by atoms with van der Waals surface area (Å²) in [6.07, 6.45) is 3.75. The molecule has 0 aromatic carbocycles. The molecule has 1 atom stereocenters. The van der Waals surface area contributed by atoms with Gasteiger partial charge in [-0.2, -0.15) is 8.42 Å². The van der Waals surface area contributed by atoms with Crippen molar-refractivity contribution >= 4 is 21.1 Å². The Hall–Kier alpha value is -0.260. The van der Waals surface area contributed by atoms with Gasteiger partial charge in [0.15, 0.2) is 10.7 Å². The molecule has 0 saturated carbocycles. The summed E-state index contributed by atoms with van der Waals surface area (Å²) in [5.41, 5.74) is 4.02. The van der Waals surface area contributed by atoms with Crippen LogP contribution in [0.5, 0.6) is 0 Å². The number of aliphatic hydroxyl groups excluding tert-OH is 1. The molecule has 17 heavy (non-hydrogen) atoms. The fourth-order valence-electron chi connectivity index (χ4n) is 0.394. The summed E-state index contributed by atoms with van der Waals surface area (Å²) in [6, 6.07) is 0. The molecular formula is C7H21NO7S2. The first kappa shape index (κ1) is 22.0. The monoisotopic (exact) mass is 295 g/mol. The highest BCUT2D eigenvalue weighted by Crippen LogP contribution is 1.88. The molecule has 0 radical (unpaired) electrons. The van der Waals surface area contributed by atoms with Crippen molar-refractivity contribution in [1.82, 2.24) is 0 Å². The molecule has 0 aliphatic heterocycles. The zero-order valence-electron chi connectivity index (χ0n) is 9.81. The van der Waals surface area contributed by atoms with E-state index in [1.165, 1.54) is 26.2 Å². The Morgan fingerprint density at radius 1 is 1.24 bits per heavy atom. The van der Waals surface area contributed by atoms with Gasteiger partial charge in [0.2, 0.25) is 0 Å². The van der Waals surface area contributed by atoms with Gasteiger partial charge in [-0.3, -0.25) is 9.11 Å². The number of unbranched alkanes of at least 4 members (excludes halogenated alkanes) is 2. The predicted molar refractivity (Wildman–Crippen MR) is 64.8 cm³/mol. The summed E-state index contributed by atoms with van der Waals surface area (Å²) in [6.45, 7) is 4.23. The van der Waals surface area contributed by atoms with E-state index in [-0.39, 0.29) is 0 Å². The van der Waals surface area contributed by atoms with Crippen molar-refractivity contribution < 1.29 is 31.0 Å². The summed E-state index contributed by atoms with van der Waals surface area (Å²) >= 11 is 0. The topological polar surface area (TPSA) is 155 Å². The minimum atomic E-state index is -4.67. The molecular weight excluding hydrogens is 274 g/mol. The lowest BCUT2D eigenvalue weighted by atomic mass is 10.3. The normalized spacial score (nSPS) is 11.9. The molecule has 5 N–H and O–H groups in total. The van der Waals surface area contributed by atoms with Crippen LogP contribution in [0, 0.1) is 0 Å². The van der Waals surface area contributed by atoms with E-state index in [9.17, 15) is 8.42 Å². The van der Waals surface area contributed by atoms with Crippen LogP contribution in [0.2, 0.25) is 0 Å². The first-order valence-electron chi connectivity index (χ1n) is 4.77. The van der Waals surface area contributed by atoms with Crippen molar-refractivity contribution in [2.45, 2.75) is 38.5 Å². The minimum absolute atomic E-state index is 0.855. The molecule has 0 rings (SSSR count). The number of rotatable bonds is 4. The molecule has 0 spiro atoms. The number of aliphatic hydroxyl groups is 1. The van der Waals surface area contributed by atoms with E-state index in [0.717, 1.165) is 6.54 Å². The summed E-state index contributed by atoms with van der Waals surface area (Å²) in [5, 5.41) is 8.03. The van der Waals surface area contributed by atoms with Crippen molar-refractivity contribution in [3.8, 4) is 0 Å². The van der Waals surface area contributed by atoms with Crippen LogP contribution < -0.4 is 5.73 Å². The standard InChI is InChI=1S/C5H13N.C2H6O3S.H2O4S/c1-2-3-4-5-6;1-2(3)6(4)5;1-5(2,3)4/h2-6H2,1H3;2-3,6H,1H3;(H2,1,2,3,4). The number of thiol groups is 1. The third-order valence-corrected chi connectivity index (χ3v) is 1.72. The van der Waals surface area contributed by atoms with Gasteiger partial charge in [0, 0.05) is 0 Å². The van der Waals surface area contributed by atoms with E-state index in [4.69, 9.17) is 28.4 Å². The molecule has 108 valence electrons. The van der Waals surface area contributed by atoms with E-state index in [1.807, 2.05) is 0 Å². The van der Waals surface area contributed by atoms with Gasteiger partial charge < -0.3 is 10.8 Å². The highest BCUT2D eigenvalue weighted by Gasteiger charge is 1.90. The van der Waals surface area contributed by atoms with E-state index in [2.05, 4.69) is 6.92 Å². The van der Waals surface area contributed by atoms with Gasteiger partial charge in [-0.15, -0.1) is 0 Å². The second-order valence-electron chi connectivity index (χ2n) is 2.86. The van der Waals surface area contributed by atoms with E-state index >= 15 is 0 Å². The quantitative estimate of drug-likeness (QED) is 0.262. The second-order valence-corrected chi connectivity index (χ2v) is 5.07. The average Bonchev–Trinajstić information content (AvgIpc) is 2.12. The molecule has 0 aromatic rings. The summed E-state index contributed by atoms with van der Waals surface area (Å²) < 4.78 is 50.6. The molecule has 0 amide bonds. The van der Waals surface area contributed by atoms with Crippen LogP contribution in [0.25, 0.3) is 0 Å². The highest BCUT2D eigenvalue weighted by molar-refractivity contribution is 7.79. The maximum atomic E-state index is 9.49. The van der Waals surface area contributed by atoms with Crippen LogP contribution >= 0.6 is 0 Å². The van der Waals surface area contributed by atoms with Gasteiger partial charge >= 0.3 is 10.4 Å². The highest BCUT2D eigenvalue weighted by atomic mass is 32.3. The first-order valence-corrected chi connectivity index (χ1v) is 7.42. The largest absolute Gasteiger partial charge is 0.394 e. The second kappa shape index (κ2) is 13.8. The third kappa shape index (κ3) is 65.4. The molecule has 0 aliphatic rings. The zero-order chi connectivity index (χ0) is 14.5. The summed E-state index contributed by atoms with van der Waals surface area (Å²) in [5.74, 6) is 0. The Kier molecular flexibility index (Phi) is 17.8. The van der Waals surface area contributed by atoms with Gasteiger partial charge in [0.05, 0.1) is 0 Å². The Balaban J connectivity index is -0.000000174. The molecule has 0 saturated heterocycles. The average molecular weight is 295 g/mol. The van der Waals surface area contributed by atoms with E-state index in [0.29, 0.717) is 0 Å². The van der Waals surface area contributed by atoms with Crippen LogP contribution in [0.15, 0.2) is 0 Å². The lowest BCUT2D eigenvalue weighted by Crippen LogP contribution is -1.99. The van der Waals surface area contributed by atoms with Crippen LogP contribution in [0.1, 0.15) is 33.1 Å². The van der Waals surface area contributed by atoms with Gasteiger partial charge in [0.1, 0.15) is 5.44 Å². The minimum Gasteiger partial charge on any atom is -0.378 e. The Bertz CT molecular complexity index is 290. The molecule has 0 aliphatic carbocycles. The molecule has 0 aromatic heterocycles. The van der Waals surface area contributed by atoms with Crippen LogP contribution in [0.3, 0.4) is 0 Å². The molecule has 0 bridgehead atoms. The van der Waals surface area contributed by atoms with Crippen LogP contribution in [-0.2, 0) is 21.1 Å². The van der Waals surface area contributed by atoms with Crippen molar-refractivity contribution in [2.75, 3.05) is 6.54 Å². The Morgan fingerprint density at radius 3 is 1.59 bits per heavy atom. The Labute approximate surface area is 103 Å². The third-order valence-electron chi connectivity index (χ3n) is 1.11. The summed E-state index contributed by atoms with van der Waals surface area (Å²) in [7, 11) is -7.27. The van der Waals surface area contributed by atoms with E-state index < -0.39 is 26.5 Å². The molecule has 8 nitrogen and oxygen atoms in total. The van der Waals surface area contributed by atoms with Gasteiger partial charge in [-0.05, 0) is 19.9 Å². The summed E-state index contributed by atoms with van der Waals surface area (Å²) in [4.78, 5) is 0. The SMILES string of the molecule is CC(O)[SH](=O)=O.CCCCCN.O=S(=O)(O)O. The lowest BCUT2D eigenvalue weighted by molar-refractivity contribution is 0.273. The zero-order valence-corrected chi connectivity index (χ0v) is 11.5. The molecule has 1 unspecified atom stereocenters. The van der Waals surface area contributed by atoms with Gasteiger partial charge in [-0.1, -0.05) is 19.8 Å². The number of hydrogen-bond donors (Lipinski definition) is 5. The molecule has 0 heterocycles. The van der Waals surface area contributed by atoms with Crippen LogP contribution in [-0.4, -0.2) is 43.0 Å². The van der Waals surface area contributed by atoms with Crippen molar-refractivity contribution in [3.63, 3.8) is 0 Å². The fraction of sp³-hybridized carbons (Fsp3) is 1.00. The van der Waals surface area contributed by atoms with Gasteiger partial charge in [0.25, 0.3) is 0 Å². The Morgan fingerprint density at radius 2 is 1.53 bits per heavy atom. The van der Waals surface area contributed by atoms with Gasteiger partial charge in [-0.25, -0.2) is 8.42 Å². The molecule has 0 fully saturated rings. The van der Waals surface area contributed by atoms with Crippen molar-refractivity contribution in [1.29, 1.82) is 0 Å². The maximum absolute atomic E-state index is 9.49. The predicted octanol–water partition coefficient (Wildman–Crippen LogP) is -0.581. The van der Waals surface area contributed by atoms with Crippen LogP contribution in [0.4, 0.5) is 0 Å². The van der Waals surface area contributed by atoms with E-state index in [1.54, 1.807) is 0 Å². The fourth-order valence-corrected chi connectivity index (χ4v) is 0.394. The number of nitrogens with two attached hydrogens (primary N) is 1. The van der Waals surface area contributed by atoms with Crippen molar-refractivity contribution in [3.05, 3.63) is 0 Å². The lowest BCUT2D eigenvalue weighted by Gasteiger charge is -1.86.